The highest BCUT2D eigenvalue weighted by Crippen LogP contribution is 2.23. The number of nitrogens with two attached hydrogens (primary N) is 2. The van der Waals surface area contributed by atoms with Crippen LogP contribution in [0.5, 0.6) is 0 Å². The number of hydrogen-bond acceptors (Lipinski definition) is 2. The molecule has 6 aromatic rings. The Balaban J connectivity index is 1.31. The van der Waals surface area contributed by atoms with Gasteiger partial charge in [0.25, 0.3) is 0 Å². The fraction of sp³-hybridized carbons (Fsp3) is 0.0625. The molecular weight excluding hydrogens is 440 g/mol. The van der Waals surface area contributed by atoms with Crippen molar-refractivity contribution in [3.8, 4) is 11.1 Å². The van der Waals surface area contributed by atoms with E-state index in [1.54, 1.807) is 0 Å². The fourth-order valence-corrected chi connectivity index (χ4v) is 4.98. The lowest BCUT2D eigenvalue weighted by Gasteiger charge is -2.08. The molecule has 4 N–H and O–H groups in total. The third-order valence-corrected chi connectivity index (χ3v) is 6.81. The number of hydrogen-bond donors (Lipinski definition) is 2. The molecule has 0 amide bonds. The number of fused-ring (bicyclic) bond motifs is 2. The quantitative estimate of drug-likeness (QED) is 0.329. The van der Waals surface area contributed by atoms with Crippen molar-refractivity contribution in [2.45, 2.75) is 13.1 Å². The number of pyridine rings is 2. The average Bonchev–Trinajstić information content (AvgIpc) is 2.93. The summed E-state index contributed by atoms with van der Waals surface area (Å²) in [6, 6.07) is 38.1. The monoisotopic (exact) mass is 468 g/mol. The summed E-state index contributed by atoms with van der Waals surface area (Å²) >= 11 is 0. The van der Waals surface area contributed by atoms with Gasteiger partial charge >= 0.3 is 0 Å². The molecule has 4 heteroatoms. The maximum atomic E-state index is 6.20. The maximum absolute atomic E-state index is 6.20. The Labute approximate surface area is 210 Å². The van der Waals surface area contributed by atoms with Crippen molar-refractivity contribution < 1.29 is 9.13 Å². The largest absolute Gasteiger partial charge is 0.398 e. The van der Waals surface area contributed by atoms with Gasteiger partial charge in [-0.1, -0.05) is 60.7 Å². The van der Waals surface area contributed by atoms with E-state index >= 15 is 0 Å². The van der Waals surface area contributed by atoms with Gasteiger partial charge in [-0.2, -0.15) is 9.13 Å². The first-order valence-electron chi connectivity index (χ1n) is 12.2. The number of anilines is 2. The van der Waals surface area contributed by atoms with E-state index in [0.29, 0.717) is 0 Å². The van der Waals surface area contributed by atoms with E-state index in [0.717, 1.165) is 46.3 Å². The zero-order valence-electron chi connectivity index (χ0n) is 20.0. The third kappa shape index (κ3) is 4.14. The Kier molecular flexibility index (Phi) is 5.55. The Morgan fingerprint density at radius 1 is 0.472 bits per heavy atom. The molecule has 2 aromatic heterocycles. The molecular formula is C32H28N4+2. The van der Waals surface area contributed by atoms with Crippen LogP contribution in [-0.4, -0.2) is 0 Å². The van der Waals surface area contributed by atoms with Crippen LogP contribution in [0.2, 0.25) is 0 Å². The number of nitrogens with zero attached hydrogens (tertiary/aromatic N) is 2. The van der Waals surface area contributed by atoms with Crippen LogP contribution in [0, 0.1) is 0 Å². The lowest BCUT2D eigenvalue weighted by molar-refractivity contribution is -0.662. The van der Waals surface area contributed by atoms with E-state index in [1.807, 2.05) is 24.3 Å². The summed E-state index contributed by atoms with van der Waals surface area (Å²) in [4.78, 5) is 0. The van der Waals surface area contributed by atoms with Crippen LogP contribution in [0.3, 0.4) is 0 Å². The molecule has 0 aliphatic heterocycles. The van der Waals surface area contributed by atoms with Crippen LogP contribution in [0.4, 0.5) is 11.4 Å². The van der Waals surface area contributed by atoms with Gasteiger partial charge in [-0.25, -0.2) is 0 Å². The SMILES string of the molecule is Nc1cc[n+](Cc2cccc(-c3cccc(C[n+]4ccc(N)c5ccccc54)c3)c2)c2ccccc12. The van der Waals surface area contributed by atoms with Gasteiger partial charge in [0.1, 0.15) is 0 Å². The topological polar surface area (TPSA) is 59.8 Å². The molecule has 2 heterocycles. The molecule has 0 spiro atoms. The minimum Gasteiger partial charge on any atom is -0.398 e. The lowest BCUT2D eigenvalue weighted by atomic mass is 10.0. The maximum Gasteiger partial charge on any atom is 0.214 e. The second-order valence-electron chi connectivity index (χ2n) is 9.23. The average molecular weight is 469 g/mol. The summed E-state index contributed by atoms with van der Waals surface area (Å²) in [7, 11) is 0. The number of aromatic nitrogens is 2. The third-order valence-electron chi connectivity index (χ3n) is 6.81. The van der Waals surface area contributed by atoms with E-state index in [9.17, 15) is 0 Å². The second kappa shape index (κ2) is 9.16. The molecule has 0 saturated heterocycles. The van der Waals surface area contributed by atoms with Crippen molar-refractivity contribution in [3.05, 3.63) is 133 Å². The minimum atomic E-state index is 0.779. The zero-order valence-corrected chi connectivity index (χ0v) is 20.0. The van der Waals surface area contributed by atoms with Crippen molar-refractivity contribution in [2.24, 2.45) is 0 Å². The molecule has 0 bridgehead atoms. The standard InChI is InChI=1S/C32H26N4/c33-29-15-17-35(31-13-3-1-11-27(29)31)21-23-7-5-9-25(19-23)26-10-6-8-24(20-26)22-36-18-16-30(34)28-12-2-4-14-32(28)36/h1-20,33-34H,21-22H2/p+2. The molecule has 0 radical (unpaired) electrons. The van der Waals surface area contributed by atoms with Gasteiger partial charge < -0.3 is 11.5 Å². The molecule has 0 atom stereocenters. The summed E-state index contributed by atoms with van der Waals surface area (Å²) in [6.07, 6.45) is 4.14. The van der Waals surface area contributed by atoms with Crippen molar-refractivity contribution >= 4 is 33.2 Å². The predicted molar refractivity (Wildman–Crippen MR) is 147 cm³/mol. The van der Waals surface area contributed by atoms with Crippen LogP contribution in [0.1, 0.15) is 11.1 Å². The van der Waals surface area contributed by atoms with Gasteiger partial charge in [0.15, 0.2) is 25.5 Å². The number of rotatable bonds is 5. The van der Waals surface area contributed by atoms with Gasteiger partial charge in [-0.3, -0.25) is 0 Å². The van der Waals surface area contributed by atoms with Crippen LogP contribution >= 0.6 is 0 Å². The molecule has 0 unspecified atom stereocenters. The molecule has 6 rings (SSSR count). The van der Waals surface area contributed by atoms with Gasteiger partial charge in [-0.15, -0.1) is 0 Å². The van der Waals surface area contributed by atoms with E-state index in [4.69, 9.17) is 11.5 Å². The van der Waals surface area contributed by atoms with E-state index in [1.165, 1.54) is 22.3 Å². The summed E-state index contributed by atoms with van der Waals surface area (Å²) < 4.78 is 4.51. The summed E-state index contributed by atoms with van der Waals surface area (Å²) in [6.45, 7) is 1.56. The zero-order chi connectivity index (χ0) is 24.5. The smallest absolute Gasteiger partial charge is 0.214 e. The van der Waals surface area contributed by atoms with Crippen molar-refractivity contribution in [1.29, 1.82) is 0 Å². The van der Waals surface area contributed by atoms with Crippen LogP contribution < -0.4 is 20.6 Å². The molecule has 174 valence electrons. The number of benzene rings is 4. The highest BCUT2D eigenvalue weighted by atomic mass is 15.0. The molecule has 4 nitrogen and oxygen atoms in total. The molecule has 0 aliphatic carbocycles. The molecule has 0 aliphatic rings. The normalized spacial score (nSPS) is 11.2. The Bertz CT molecular complexity index is 1590. The van der Waals surface area contributed by atoms with Gasteiger partial charge in [0.05, 0.1) is 22.1 Å². The highest BCUT2D eigenvalue weighted by molar-refractivity contribution is 5.88. The highest BCUT2D eigenvalue weighted by Gasteiger charge is 2.14. The first-order valence-corrected chi connectivity index (χ1v) is 12.2. The van der Waals surface area contributed by atoms with Gasteiger partial charge in [-0.05, 0) is 35.4 Å². The Morgan fingerprint density at radius 3 is 1.39 bits per heavy atom. The molecule has 0 saturated carbocycles. The summed E-state index contributed by atoms with van der Waals surface area (Å²) in [5, 5.41) is 2.16. The van der Waals surface area contributed by atoms with Gasteiger partial charge in [0.2, 0.25) is 11.0 Å². The van der Waals surface area contributed by atoms with Gasteiger partial charge in [0, 0.05) is 35.4 Å². The van der Waals surface area contributed by atoms with Crippen LogP contribution in [0.15, 0.2) is 122 Å². The van der Waals surface area contributed by atoms with E-state index in [2.05, 4.69) is 106 Å². The first kappa shape index (κ1) is 21.8. The van der Waals surface area contributed by atoms with Crippen molar-refractivity contribution in [1.82, 2.24) is 0 Å². The van der Waals surface area contributed by atoms with Crippen molar-refractivity contribution in [2.75, 3.05) is 11.5 Å². The molecule has 36 heavy (non-hydrogen) atoms. The lowest BCUT2D eigenvalue weighted by Crippen LogP contribution is -2.35. The van der Waals surface area contributed by atoms with Crippen LogP contribution in [0.25, 0.3) is 32.9 Å². The predicted octanol–water partition coefficient (Wildman–Crippen LogP) is 5.50. The summed E-state index contributed by atoms with van der Waals surface area (Å²) in [5.74, 6) is 0. The molecule has 0 fully saturated rings. The van der Waals surface area contributed by atoms with Crippen molar-refractivity contribution in [3.63, 3.8) is 0 Å². The van der Waals surface area contributed by atoms with Crippen LogP contribution in [-0.2, 0) is 13.1 Å². The second-order valence-corrected chi connectivity index (χ2v) is 9.23. The Hall–Kier alpha value is -4.70. The Morgan fingerprint density at radius 2 is 0.917 bits per heavy atom. The fourth-order valence-electron chi connectivity index (χ4n) is 4.98. The minimum absolute atomic E-state index is 0.779. The molecule has 4 aromatic carbocycles. The first-order chi connectivity index (χ1) is 17.7. The van der Waals surface area contributed by atoms with E-state index < -0.39 is 0 Å². The number of nitrogen functional groups attached to an aromatic ring is 2. The number of para-hydroxylation sites is 2. The van der Waals surface area contributed by atoms with E-state index in [-0.39, 0.29) is 0 Å². The summed E-state index contributed by atoms with van der Waals surface area (Å²) in [5.41, 5.74) is 21.2.